The average molecular weight is 174 g/mol. The molecule has 0 radical (unpaired) electrons. The van der Waals surface area contributed by atoms with Crippen LogP contribution in [-0.2, 0) is 0 Å². The molecular formula is C11H14N2. The van der Waals surface area contributed by atoms with E-state index in [-0.39, 0.29) is 0 Å². The Labute approximate surface area is 78.7 Å². The van der Waals surface area contributed by atoms with E-state index in [1.807, 2.05) is 12.4 Å². The first kappa shape index (κ1) is 8.42. The minimum absolute atomic E-state index is 0.454. The summed E-state index contributed by atoms with van der Waals surface area (Å²) in [6.45, 7) is 6.49. The lowest BCUT2D eigenvalue weighted by molar-refractivity contribution is 0.818. The van der Waals surface area contributed by atoms with Crippen molar-refractivity contribution in [3.8, 4) is 0 Å². The van der Waals surface area contributed by atoms with Gasteiger partial charge in [-0.25, -0.2) is 0 Å². The lowest BCUT2D eigenvalue weighted by Gasteiger charge is -2.07. The topological polar surface area (TPSA) is 25.2 Å². The quantitative estimate of drug-likeness (QED) is 0.642. The van der Waals surface area contributed by atoms with E-state index < -0.39 is 0 Å². The number of pyridine rings is 1. The maximum absolute atomic E-state index is 4.37. The SMILES string of the molecule is CC(C)c1cc2c(cn1)N=CC2C. The fourth-order valence-electron chi connectivity index (χ4n) is 1.54. The van der Waals surface area contributed by atoms with Gasteiger partial charge in [0.15, 0.2) is 0 Å². The maximum Gasteiger partial charge on any atom is 0.0847 e. The summed E-state index contributed by atoms with van der Waals surface area (Å²) in [6, 6.07) is 2.18. The average Bonchev–Trinajstić information content (AvgIpc) is 2.47. The number of hydrogen-bond donors (Lipinski definition) is 0. The fraction of sp³-hybridized carbons (Fsp3) is 0.455. The number of rotatable bonds is 1. The monoisotopic (exact) mass is 174 g/mol. The Kier molecular flexibility index (Phi) is 1.91. The lowest BCUT2D eigenvalue weighted by Crippen LogP contribution is -1.95. The van der Waals surface area contributed by atoms with Crippen molar-refractivity contribution in [1.29, 1.82) is 0 Å². The molecule has 2 heterocycles. The third-order valence-corrected chi connectivity index (χ3v) is 2.45. The Morgan fingerprint density at radius 2 is 2.15 bits per heavy atom. The van der Waals surface area contributed by atoms with Crippen LogP contribution < -0.4 is 0 Å². The van der Waals surface area contributed by atoms with E-state index in [2.05, 4.69) is 36.8 Å². The molecule has 0 amide bonds. The van der Waals surface area contributed by atoms with Crippen molar-refractivity contribution in [3.05, 3.63) is 23.5 Å². The van der Waals surface area contributed by atoms with E-state index in [1.54, 1.807) is 0 Å². The molecular weight excluding hydrogens is 160 g/mol. The third-order valence-electron chi connectivity index (χ3n) is 2.45. The summed E-state index contributed by atoms with van der Waals surface area (Å²) in [7, 11) is 0. The van der Waals surface area contributed by atoms with Crippen LogP contribution >= 0.6 is 0 Å². The van der Waals surface area contributed by atoms with Crippen LogP contribution in [0.5, 0.6) is 0 Å². The van der Waals surface area contributed by atoms with Gasteiger partial charge in [0.2, 0.25) is 0 Å². The molecule has 1 aromatic rings. The normalized spacial score (nSPS) is 19.5. The molecule has 0 bridgehead atoms. The molecule has 0 saturated carbocycles. The van der Waals surface area contributed by atoms with Crippen molar-refractivity contribution in [2.75, 3.05) is 0 Å². The summed E-state index contributed by atoms with van der Waals surface area (Å²) < 4.78 is 0. The highest BCUT2D eigenvalue weighted by Gasteiger charge is 2.15. The van der Waals surface area contributed by atoms with Gasteiger partial charge in [0.05, 0.1) is 11.9 Å². The predicted molar refractivity (Wildman–Crippen MR) is 54.9 cm³/mol. The molecule has 1 aliphatic heterocycles. The zero-order chi connectivity index (χ0) is 9.42. The first-order valence-corrected chi connectivity index (χ1v) is 4.72. The molecule has 1 unspecified atom stereocenters. The van der Waals surface area contributed by atoms with Crippen molar-refractivity contribution in [3.63, 3.8) is 0 Å². The second-order valence-corrected chi connectivity index (χ2v) is 3.89. The summed E-state index contributed by atoms with van der Waals surface area (Å²) in [5.74, 6) is 0.952. The smallest absolute Gasteiger partial charge is 0.0847 e. The summed E-state index contributed by atoms with van der Waals surface area (Å²) in [5, 5.41) is 0. The molecule has 1 aliphatic rings. The molecule has 2 heteroatoms. The standard InChI is InChI=1S/C11H14N2/c1-7(2)10-4-9-8(3)5-12-11(9)6-13-10/h4-8H,1-3H3. The van der Waals surface area contributed by atoms with Gasteiger partial charge in [-0.15, -0.1) is 0 Å². The summed E-state index contributed by atoms with van der Waals surface area (Å²) >= 11 is 0. The molecule has 1 aromatic heterocycles. The molecule has 0 N–H and O–H groups in total. The largest absolute Gasteiger partial charge is 0.259 e. The van der Waals surface area contributed by atoms with Crippen LogP contribution in [0.15, 0.2) is 17.3 Å². The van der Waals surface area contributed by atoms with Gasteiger partial charge in [0.25, 0.3) is 0 Å². The van der Waals surface area contributed by atoms with Crippen molar-refractivity contribution >= 4 is 11.9 Å². The van der Waals surface area contributed by atoms with Gasteiger partial charge in [-0.2, -0.15) is 0 Å². The minimum Gasteiger partial charge on any atom is -0.259 e. The Hall–Kier alpha value is -1.18. The zero-order valence-electron chi connectivity index (χ0n) is 8.28. The van der Waals surface area contributed by atoms with Crippen LogP contribution in [0, 0.1) is 0 Å². The van der Waals surface area contributed by atoms with E-state index in [9.17, 15) is 0 Å². The van der Waals surface area contributed by atoms with Gasteiger partial charge < -0.3 is 0 Å². The first-order valence-electron chi connectivity index (χ1n) is 4.72. The summed E-state index contributed by atoms with van der Waals surface area (Å²) in [6.07, 6.45) is 3.86. The summed E-state index contributed by atoms with van der Waals surface area (Å²) in [5.41, 5.74) is 3.52. The van der Waals surface area contributed by atoms with Crippen molar-refractivity contribution in [2.24, 2.45) is 4.99 Å². The number of aromatic nitrogens is 1. The number of nitrogens with zero attached hydrogens (tertiary/aromatic N) is 2. The fourth-order valence-corrected chi connectivity index (χ4v) is 1.54. The van der Waals surface area contributed by atoms with Gasteiger partial charge in [-0.1, -0.05) is 20.8 Å². The van der Waals surface area contributed by atoms with Gasteiger partial charge in [-0.05, 0) is 17.5 Å². The van der Waals surface area contributed by atoms with Crippen molar-refractivity contribution < 1.29 is 0 Å². The molecule has 0 saturated heterocycles. The summed E-state index contributed by atoms with van der Waals surface area (Å²) in [4.78, 5) is 8.66. The molecule has 68 valence electrons. The second kappa shape index (κ2) is 2.95. The highest BCUT2D eigenvalue weighted by molar-refractivity contribution is 5.79. The molecule has 0 aliphatic carbocycles. The second-order valence-electron chi connectivity index (χ2n) is 3.89. The van der Waals surface area contributed by atoms with Crippen LogP contribution in [0.2, 0.25) is 0 Å². The maximum atomic E-state index is 4.37. The van der Waals surface area contributed by atoms with Gasteiger partial charge >= 0.3 is 0 Å². The first-order chi connectivity index (χ1) is 6.18. The van der Waals surface area contributed by atoms with Crippen LogP contribution in [0.1, 0.15) is 43.9 Å². The Morgan fingerprint density at radius 1 is 1.38 bits per heavy atom. The highest BCUT2D eigenvalue weighted by atomic mass is 14.8. The predicted octanol–water partition coefficient (Wildman–Crippen LogP) is 3.02. The van der Waals surface area contributed by atoms with E-state index in [0.717, 1.165) is 11.4 Å². The zero-order valence-corrected chi connectivity index (χ0v) is 8.28. The third kappa shape index (κ3) is 1.37. The molecule has 2 rings (SSSR count). The van der Waals surface area contributed by atoms with Crippen LogP contribution in [0.4, 0.5) is 5.69 Å². The lowest BCUT2D eigenvalue weighted by atomic mass is 10.0. The number of aliphatic imine (C=N–C) groups is 1. The van der Waals surface area contributed by atoms with E-state index in [1.165, 1.54) is 5.56 Å². The Bertz CT molecular complexity index is 353. The molecule has 13 heavy (non-hydrogen) atoms. The van der Waals surface area contributed by atoms with Crippen molar-refractivity contribution in [2.45, 2.75) is 32.6 Å². The highest BCUT2D eigenvalue weighted by Crippen LogP contribution is 2.32. The number of fused-ring (bicyclic) bond motifs is 1. The number of hydrogen-bond acceptors (Lipinski definition) is 2. The molecule has 0 spiro atoms. The minimum atomic E-state index is 0.454. The van der Waals surface area contributed by atoms with E-state index >= 15 is 0 Å². The Morgan fingerprint density at radius 3 is 2.85 bits per heavy atom. The molecule has 2 nitrogen and oxygen atoms in total. The molecule has 0 aromatic carbocycles. The van der Waals surface area contributed by atoms with Crippen LogP contribution in [0.3, 0.4) is 0 Å². The van der Waals surface area contributed by atoms with Gasteiger partial charge in [0, 0.05) is 17.8 Å². The van der Waals surface area contributed by atoms with Crippen molar-refractivity contribution in [1.82, 2.24) is 4.98 Å². The van der Waals surface area contributed by atoms with E-state index in [0.29, 0.717) is 11.8 Å². The Balaban J connectivity index is 2.45. The van der Waals surface area contributed by atoms with E-state index in [4.69, 9.17) is 0 Å². The van der Waals surface area contributed by atoms with Crippen LogP contribution in [0.25, 0.3) is 0 Å². The van der Waals surface area contributed by atoms with Gasteiger partial charge in [0.1, 0.15) is 0 Å². The van der Waals surface area contributed by atoms with Crippen LogP contribution in [-0.4, -0.2) is 11.2 Å². The molecule has 1 atom stereocenters. The molecule has 0 fully saturated rings. The van der Waals surface area contributed by atoms with Gasteiger partial charge in [-0.3, -0.25) is 9.98 Å².